The van der Waals surface area contributed by atoms with Gasteiger partial charge in [-0.25, -0.2) is 0 Å². The Morgan fingerprint density at radius 2 is 1.95 bits per heavy atom. The summed E-state index contributed by atoms with van der Waals surface area (Å²) in [6.45, 7) is 2.37. The number of amides is 1. The molecule has 0 spiro atoms. The lowest BCUT2D eigenvalue weighted by atomic mass is 10.1. The van der Waals surface area contributed by atoms with Crippen LogP contribution in [-0.2, 0) is 4.79 Å². The van der Waals surface area contributed by atoms with Gasteiger partial charge in [-0.15, -0.1) is 0 Å². The van der Waals surface area contributed by atoms with Crippen molar-refractivity contribution in [1.29, 1.82) is 0 Å². The maximum absolute atomic E-state index is 12.2. The highest BCUT2D eigenvalue weighted by molar-refractivity contribution is 6.02. The molecule has 0 unspecified atom stereocenters. The maximum Gasteiger partial charge on any atom is 0.279 e. The molecule has 0 aliphatic rings. The highest BCUT2D eigenvalue weighted by Crippen LogP contribution is 2.22. The standard InChI is InChI=1S/C18H18N2O2/c1-13(17-10-5-11-22-17)19-12-18(21)20-16-9-4-7-14-6-2-3-8-15(14)16/h2-11,13,19H,12H2,1H3,(H,20,21)/p+1/t13-/m1/s1. The fourth-order valence-electron chi connectivity index (χ4n) is 2.49. The minimum atomic E-state index is -0.0187. The fraction of sp³-hybridized carbons (Fsp3) is 0.167. The number of hydrogen-bond donors (Lipinski definition) is 2. The zero-order valence-electron chi connectivity index (χ0n) is 12.5. The van der Waals surface area contributed by atoms with Gasteiger partial charge in [-0.2, -0.15) is 0 Å². The predicted octanol–water partition coefficient (Wildman–Crippen LogP) is 2.70. The number of hydrogen-bond acceptors (Lipinski definition) is 2. The zero-order valence-corrected chi connectivity index (χ0v) is 12.5. The molecule has 112 valence electrons. The first kappa shape index (κ1) is 14.4. The number of rotatable bonds is 5. The highest BCUT2D eigenvalue weighted by Gasteiger charge is 2.14. The number of benzene rings is 2. The van der Waals surface area contributed by atoms with Gasteiger partial charge in [0, 0.05) is 11.1 Å². The van der Waals surface area contributed by atoms with E-state index in [1.807, 2.05) is 66.8 Å². The minimum absolute atomic E-state index is 0.0187. The van der Waals surface area contributed by atoms with Crippen molar-refractivity contribution in [2.24, 2.45) is 0 Å². The number of nitrogens with one attached hydrogen (secondary N) is 1. The summed E-state index contributed by atoms with van der Waals surface area (Å²) in [5, 5.41) is 7.11. The number of nitrogens with two attached hydrogens (primary N) is 1. The van der Waals surface area contributed by atoms with Gasteiger partial charge in [0.05, 0.1) is 6.26 Å². The van der Waals surface area contributed by atoms with Gasteiger partial charge < -0.3 is 15.1 Å². The average molecular weight is 295 g/mol. The number of fused-ring (bicyclic) bond motifs is 1. The third-order valence-electron chi connectivity index (χ3n) is 3.71. The normalized spacial score (nSPS) is 12.2. The van der Waals surface area contributed by atoms with E-state index < -0.39 is 0 Å². The number of furan rings is 1. The Balaban J connectivity index is 1.64. The van der Waals surface area contributed by atoms with E-state index in [9.17, 15) is 4.79 Å². The summed E-state index contributed by atoms with van der Waals surface area (Å²) in [6, 6.07) is 17.8. The summed E-state index contributed by atoms with van der Waals surface area (Å²) in [6.07, 6.45) is 1.65. The van der Waals surface area contributed by atoms with Crippen LogP contribution in [0.2, 0.25) is 0 Å². The van der Waals surface area contributed by atoms with Gasteiger partial charge in [-0.05, 0) is 30.5 Å². The van der Waals surface area contributed by atoms with Crippen molar-refractivity contribution in [3.63, 3.8) is 0 Å². The lowest BCUT2D eigenvalue weighted by molar-refractivity contribution is -0.684. The lowest BCUT2D eigenvalue weighted by Gasteiger charge is -2.10. The van der Waals surface area contributed by atoms with Crippen molar-refractivity contribution in [3.8, 4) is 0 Å². The summed E-state index contributed by atoms with van der Waals surface area (Å²) in [5.74, 6) is 0.854. The second-order valence-corrected chi connectivity index (χ2v) is 5.32. The van der Waals surface area contributed by atoms with Gasteiger partial charge in [-0.3, -0.25) is 4.79 Å². The first-order chi connectivity index (χ1) is 10.7. The van der Waals surface area contributed by atoms with E-state index >= 15 is 0 Å². The van der Waals surface area contributed by atoms with Crippen molar-refractivity contribution in [2.45, 2.75) is 13.0 Å². The van der Waals surface area contributed by atoms with E-state index in [1.54, 1.807) is 6.26 Å². The van der Waals surface area contributed by atoms with Crippen LogP contribution >= 0.6 is 0 Å². The fourth-order valence-corrected chi connectivity index (χ4v) is 2.49. The van der Waals surface area contributed by atoms with Crippen molar-refractivity contribution in [1.82, 2.24) is 0 Å². The van der Waals surface area contributed by atoms with Crippen molar-refractivity contribution in [3.05, 3.63) is 66.6 Å². The molecule has 4 nitrogen and oxygen atoms in total. The molecule has 0 aliphatic carbocycles. The van der Waals surface area contributed by atoms with Crippen LogP contribution in [0.3, 0.4) is 0 Å². The Labute approximate surface area is 129 Å². The van der Waals surface area contributed by atoms with Gasteiger partial charge in [0.2, 0.25) is 0 Å². The van der Waals surface area contributed by atoms with Crippen LogP contribution in [0.5, 0.6) is 0 Å². The van der Waals surface area contributed by atoms with Gasteiger partial charge in [0.1, 0.15) is 6.04 Å². The molecule has 2 aromatic carbocycles. The molecule has 0 saturated carbocycles. The minimum Gasteiger partial charge on any atom is -0.463 e. The Hall–Kier alpha value is -2.59. The van der Waals surface area contributed by atoms with Crippen LogP contribution < -0.4 is 10.6 Å². The van der Waals surface area contributed by atoms with Crippen LogP contribution in [0, 0.1) is 0 Å². The molecule has 4 heteroatoms. The Morgan fingerprint density at radius 3 is 2.77 bits per heavy atom. The molecule has 1 heterocycles. The molecule has 0 fully saturated rings. The predicted molar refractivity (Wildman–Crippen MR) is 86.5 cm³/mol. The smallest absolute Gasteiger partial charge is 0.279 e. The highest BCUT2D eigenvalue weighted by atomic mass is 16.3. The van der Waals surface area contributed by atoms with Crippen LogP contribution in [0.25, 0.3) is 10.8 Å². The van der Waals surface area contributed by atoms with Gasteiger partial charge in [0.25, 0.3) is 5.91 Å². The Morgan fingerprint density at radius 1 is 1.14 bits per heavy atom. The second kappa shape index (κ2) is 6.45. The number of carbonyl (C=O) groups excluding carboxylic acids is 1. The first-order valence-electron chi connectivity index (χ1n) is 7.38. The van der Waals surface area contributed by atoms with Crippen molar-refractivity contribution >= 4 is 22.4 Å². The number of quaternary nitrogens is 1. The monoisotopic (exact) mass is 295 g/mol. The zero-order chi connectivity index (χ0) is 15.4. The van der Waals surface area contributed by atoms with Crippen LogP contribution in [-0.4, -0.2) is 12.5 Å². The summed E-state index contributed by atoms with van der Waals surface area (Å²) >= 11 is 0. The molecule has 3 aromatic rings. The average Bonchev–Trinajstić information content (AvgIpc) is 3.07. The van der Waals surface area contributed by atoms with E-state index in [1.165, 1.54) is 0 Å². The number of carbonyl (C=O) groups is 1. The molecule has 1 aromatic heterocycles. The molecule has 1 atom stereocenters. The Bertz CT molecular complexity index is 760. The SMILES string of the molecule is C[C@@H]([NH2+]CC(=O)Nc1cccc2ccccc12)c1ccco1. The number of anilines is 1. The van der Waals surface area contributed by atoms with Crippen molar-refractivity contribution in [2.75, 3.05) is 11.9 Å². The quantitative estimate of drug-likeness (QED) is 0.760. The lowest BCUT2D eigenvalue weighted by Crippen LogP contribution is -2.86. The largest absolute Gasteiger partial charge is 0.463 e. The van der Waals surface area contributed by atoms with Crippen molar-refractivity contribution < 1.29 is 14.5 Å². The van der Waals surface area contributed by atoms with E-state index in [0.29, 0.717) is 6.54 Å². The van der Waals surface area contributed by atoms with Gasteiger partial charge >= 0.3 is 0 Å². The molecule has 3 rings (SSSR count). The molecule has 0 bridgehead atoms. The molecule has 1 amide bonds. The molecule has 0 aliphatic heterocycles. The summed E-state index contributed by atoms with van der Waals surface area (Å²) in [5.41, 5.74) is 0.849. The van der Waals surface area contributed by atoms with Gasteiger partial charge in [-0.1, -0.05) is 36.4 Å². The maximum atomic E-state index is 12.2. The molecule has 22 heavy (non-hydrogen) atoms. The summed E-state index contributed by atoms with van der Waals surface area (Å²) < 4.78 is 5.34. The molecule has 0 saturated heterocycles. The topological polar surface area (TPSA) is 58.9 Å². The van der Waals surface area contributed by atoms with E-state index in [-0.39, 0.29) is 11.9 Å². The van der Waals surface area contributed by atoms with Crippen LogP contribution in [0.15, 0.2) is 65.3 Å². The first-order valence-corrected chi connectivity index (χ1v) is 7.38. The summed E-state index contributed by atoms with van der Waals surface area (Å²) in [4.78, 5) is 12.2. The van der Waals surface area contributed by atoms with E-state index in [4.69, 9.17) is 4.42 Å². The third kappa shape index (κ3) is 3.18. The van der Waals surface area contributed by atoms with Crippen LogP contribution in [0.4, 0.5) is 5.69 Å². The third-order valence-corrected chi connectivity index (χ3v) is 3.71. The molecular weight excluding hydrogens is 276 g/mol. The van der Waals surface area contributed by atoms with Crippen LogP contribution in [0.1, 0.15) is 18.7 Å². The molecule has 0 radical (unpaired) electrons. The summed E-state index contributed by atoms with van der Waals surface area (Å²) in [7, 11) is 0. The molecular formula is C18H19N2O2+. The Kier molecular flexibility index (Phi) is 4.21. The van der Waals surface area contributed by atoms with E-state index in [0.717, 1.165) is 22.2 Å². The van der Waals surface area contributed by atoms with Gasteiger partial charge in [0.15, 0.2) is 12.3 Å². The van der Waals surface area contributed by atoms with E-state index in [2.05, 4.69) is 5.32 Å². The second-order valence-electron chi connectivity index (χ2n) is 5.32. The molecule has 3 N–H and O–H groups in total.